The molecule has 0 unspecified atom stereocenters. The van der Waals surface area contributed by atoms with Crippen molar-refractivity contribution in [3.8, 4) is 11.5 Å². The summed E-state index contributed by atoms with van der Waals surface area (Å²) in [5, 5.41) is 0.459. The zero-order valence-corrected chi connectivity index (χ0v) is 14.4. The summed E-state index contributed by atoms with van der Waals surface area (Å²) < 4.78 is 11.0. The van der Waals surface area contributed by atoms with Gasteiger partial charge in [-0.2, -0.15) is 0 Å². The summed E-state index contributed by atoms with van der Waals surface area (Å²) in [6.07, 6.45) is 0.125. The van der Waals surface area contributed by atoms with Crippen LogP contribution in [0.2, 0.25) is 5.02 Å². The SMILES string of the molecule is Cc1nc2c(c(=O)[nH]1)CN(C(=O)Cc1cc3c(cc1Cl)OCCO3)C2. The first-order chi connectivity index (χ1) is 12.0. The molecule has 2 aromatic rings. The van der Waals surface area contributed by atoms with Crippen LogP contribution in [0.15, 0.2) is 16.9 Å². The lowest BCUT2D eigenvalue weighted by atomic mass is 10.1. The molecular weight excluding hydrogens is 346 g/mol. The predicted octanol–water partition coefficient (Wildman–Crippen LogP) is 1.59. The van der Waals surface area contributed by atoms with Gasteiger partial charge in [0.15, 0.2) is 11.5 Å². The van der Waals surface area contributed by atoms with Crippen molar-refractivity contribution in [1.29, 1.82) is 0 Å². The summed E-state index contributed by atoms with van der Waals surface area (Å²) in [6.45, 7) is 3.27. The van der Waals surface area contributed by atoms with Crippen molar-refractivity contribution in [3.05, 3.63) is 50.2 Å². The lowest BCUT2D eigenvalue weighted by Crippen LogP contribution is -2.28. The number of nitrogens with zero attached hydrogens (tertiary/aromatic N) is 2. The van der Waals surface area contributed by atoms with Crippen LogP contribution >= 0.6 is 11.6 Å². The molecule has 1 aromatic heterocycles. The van der Waals surface area contributed by atoms with E-state index in [2.05, 4.69) is 9.97 Å². The molecule has 0 saturated heterocycles. The van der Waals surface area contributed by atoms with Crippen LogP contribution in [0.5, 0.6) is 11.5 Å². The van der Waals surface area contributed by atoms with Gasteiger partial charge in [0.2, 0.25) is 5.91 Å². The van der Waals surface area contributed by atoms with Crippen molar-refractivity contribution < 1.29 is 14.3 Å². The minimum absolute atomic E-state index is 0.117. The van der Waals surface area contributed by atoms with Crippen molar-refractivity contribution in [1.82, 2.24) is 14.9 Å². The summed E-state index contributed by atoms with van der Waals surface area (Å²) in [7, 11) is 0. The average Bonchev–Trinajstić information content (AvgIpc) is 3.00. The lowest BCUT2D eigenvalue weighted by molar-refractivity contribution is -0.131. The summed E-state index contributed by atoms with van der Waals surface area (Å²) in [4.78, 5) is 33.2. The van der Waals surface area contributed by atoms with Crippen LogP contribution in [0.4, 0.5) is 0 Å². The van der Waals surface area contributed by atoms with Crippen LogP contribution in [0.25, 0.3) is 0 Å². The minimum Gasteiger partial charge on any atom is -0.486 e. The first-order valence-corrected chi connectivity index (χ1v) is 8.33. The highest BCUT2D eigenvalue weighted by Crippen LogP contribution is 2.35. The van der Waals surface area contributed by atoms with Gasteiger partial charge in [0.25, 0.3) is 5.56 Å². The van der Waals surface area contributed by atoms with E-state index >= 15 is 0 Å². The second-order valence-corrected chi connectivity index (χ2v) is 6.50. The Morgan fingerprint density at radius 3 is 2.76 bits per heavy atom. The smallest absolute Gasteiger partial charge is 0.256 e. The number of amides is 1. The van der Waals surface area contributed by atoms with Crippen LogP contribution in [0.1, 0.15) is 22.6 Å². The van der Waals surface area contributed by atoms with Crippen LogP contribution < -0.4 is 15.0 Å². The number of carbonyl (C=O) groups excluding carboxylic acids is 1. The highest BCUT2D eigenvalue weighted by atomic mass is 35.5. The fourth-order valence-electron chi connectivity index (χ4n) is 3.08. The Kier molecular flexibility index (Phi) is 3.88. The zero-order chi connectivity index (χ0) is 17.6. The Hall–Kier alpha value is -2.54. The molecule has 0 aliphatic carbocycles. The minimum atomic E-state index is -0.185. The highest BCUT2D eigenvalue weighted by molar-refractivity contribution is 6.31. The van der Waals surface area contributed by atoms with E-state index in [0.717, 1.165) is 0 Å². The number of H-pyrrole nitrogens is 1. The topological polar surface area (TPSA) is 84.5 Å². The van der Waals surface area contributed by atoms with Gasteiger partial charge in [0.1, 0.15) is 19.0 Å². The van der Waals surface area contributed by atoms with Crippen LogP contribution in [-0.4, -0.2) is 34.0 Å². The number of hydrogen-bond acceptors (Lipinski definition) is 5. The summed E-state index contributed by atoms with van der Waals surface area (Å²) >= 11 is 6.27. The molecule has 1 aromatic carbocycles. The quantitative estimate of drug-likeness (QED) is 0.878. The Morgan fingerprint density at radius 2 is 2.00 bits per heavy atom. The lowest BCUT2D eigenvalue weighted by Gasteiger charge is -2.20. The van der Waals surface area contributed by atoms with Crippen LogP contribution in [0, 0.1) is 6.92 Å². The molecule has 4 rings (SSSR count). The average molecular weight is 362 g/mol. The second kappa shape index (κ2) is 6.07. The molecule has 1 N–H and O–H groups in total. The van der Waals surface area contributed by atoms with Gasteiger partial charge in [-0.25, -0.2) is 4.98 Å². The van der Waals surface area contributed by atoms with Gasteiger partial charge >= 0.3 is 0 Å². The van der Waals surface area contributed by atoms with Gasteiger partial charge in [0, 0.05) is 11.1 Å². The van der Waals surface area contributed by atoms with E-state index in [1.807, 2.05) is 0 Å². The third-order valence-electron chi connectivity index (χ3n) is 4.31. The molecule has 0 spiro atoms. The second-order valence-electron chi connectivity index (χ2n) is 6.09. The number of fused-ring (bicyclic) bond motifs is 2. The number of ether oxygens (including phenoxy) is 2. The van der Waals surface area contributed by atoms with Gasteiger partial charge in [-0.15, -0.1) is 0 Å². The Bertz CT molecular complexity index is 925. The van der Waals surface area contributed by atoms with Crippen LogP contribution in [-0.2, 0) is 24.3 Å². The van der Waals surface area contributed by atoms with Crippen molar-refractivity contribution >= 4 is 17.5 Å². The Balaban J connectivity index is 1.54. The highest BCUT2D eigenvalue weighted by Gasteiger charge is 2.28. The molecule has 0 atom stereocenters. The number of aromatic amines is 1. The Labute approximate surface area is 148 Å². The zero-order valence-electron chi connectivity index (χ0n) is 13.6. The predicted molar refractivity (Wildman–Crippen MR) is 90.0 cm³/mol. The maximum absolute atomic E-state index is 12.7. The third kappa shape index (κ3) is 2.95. The van der Waals surface area contributed by atoms with Crippen LogP contribution in [0.3, 0.4) is 0 Å². The summed E-state index contributed by atoms with van der Waals surface area (Å²) in [5.41, 5.74) is 1.69. The third-order valence-corrected chi connectivity index (χ3v) is 4.67. The molecule has 25 heavy (non-hydrogen) atoms. The number of rotatable bonds is 2. The van der Waals surface area contributed by atoms with E-state index in [-0.39, 0.29) is 24.4 Å². The van der Waals surface area contributed by atoms with Crippen molar-refractivity contribution in [3.63, 3.8) is 0 Å². The molecule has 0 bridgehead atoms. The first-order valence-electron chi connectivity index (χ1n) is 7.96. The van der Waals surface area contributed by atoms with Gasteiger partial charge in [-0.3, -0.25) is 9.59 Å². The monoisotopic (exact) mass is 361 g/mol. The summed E-state index contributed by atoms with van der Waals surface area (Å²) in [6, 6.07) is 3.42. The molecule has 7 nitrogen and oxygen atoms in total. The van der Waals surface area contributed by atoms with Crippen molar-refractivity contribution in [2.45, 2.75) is 26.4 Å². The van der Waals surface area contributed by atoms with E-state index in [9.17, 15) is 9.59 Å². The van der Waals surface area contributed by atoms with E-state index in [0.29, 0.717) is 58.9 Å². The molecule has 130 valence electrons. The summed E-state index contributed by atoms with van der Waals surface area (Å²) in [5.74, 6) is 1.62. The first kappa shape index (κ1) is 16.0. The number of hydrogen-bond donors (Lipinski definition) is 1. The largest absolute Gasteiger partial charge is 0.486 e. The van der Waals surface area contributed by atoms with Gasteiger partial charge in [-0.1, -0.05) is 11.6 Å². The molecule has 2 aliphatic rings. The number of aromatic nitrogens is 2. The number of halogens is 1. The van der Waals surface area contributed by atoms with Gasteiger partial charge in [-0.05, 0) is 18.6 Å². The molecule has 0 saturated carbocycles. The normalized spacial score (nSPS) is 15.2. The molecular formula is C17H16ClN3O4. The van der Waals surface area contributed by atoms with Crippen molar-refractivity contribution in [2.24, 2.45) is 0 Å². The molecule has 0 radical (unpaired) electrons. The van der Waals surface area contributed by atoms with E-state index in [1.54, 1.807) is 24.0 Å². The molecule has 2 aliphatic heterocycles. The van der Waals surface area contributed by atoms with E-state index in [1.165, 1.54) is 0 Å². The number of aryl methyl sites for hydroxylation is 1. The molecule has 1 amide bonds. The maximum atomic E-state index is 12.7. The Morgan fingerprint density at radius 1 is 1.28 bits per heavy atom. The molecule has 0 fully saturated rings. The maximum Gasteiger partial charge on any atom is 0.256 e. The van der Waals surface area contributed by atoms with Gasteiger partial charge < -0.3 is 19.4 Å². The van der Waals surface area contributed by atoms with E-state index < -0.39 is 0 Å². The molecule has 8 heteroatoms. The molecule has 3 heterocycles. The fraction of sp³-hybridized carbons (Fsp3) is 0.353. The number of nitrogens with one attached hydrogen (secondary N) is 1. The van der Waals surface area contributed by atoms with Crippen molar-refractivity contribution in [2.75, 3.05) is 13.2 Å². The van der Waals surface area contributed by atoms with E-state index in [4.69, 9.17) is 21.1 Å². The standard InChI is InChI=1S/C17H16ClN3O4/c1-9-19-13-8-21(7-11(13)17(23)20-9)16(22)5-10-4-14-15(6-12(10)18)25-3-2-24-14/h4,6H,2-3,5,7-8H2,1H3,(H,19,20,23). The number of carbonyl (C=O) groups is 1. The van der Waals surface area contributed by atoms with Gasteiger partial charge in [0.05, 0.1) is 30.8 Å². The number of benzene rings is 1. The fourth-order valence-corrected chi connectivity index (χ4v) is 3.30.